The summed E-state index contributed by atoms with van der Waals surface area (Å²) >= 11 is 0. The number of aliphatic hydroxyl groups excluding tert-OH is 1. The third-order valence-electron chi connectivity index (χ3n) is 9.09. The van der Waals surface area contributed by atoms with E-state index < -0.39 is 0 Å². The topological polar surface area (TPSA) is 52.8 Å². The maximum Gasteiger partial charge on any atom is 0.0577 e. The summed E-state index contributed by atoms with van der Waals surface area (Å²) in [6.07, 6.45) is 13.7. The van der Waals surface area contributed by atoms with Crippen molar-refractivity contribution in [1.82, 2.24) is 0 Å². The van der Waals surface area contributed by atoms with Crippen LogP contribution in [0.15, 0.2) is 16.8 Å². The Kier molecular flexibility index (Phi) is 4.30. The van der Waals surface area contributed by atoms with Gasteiger partial charge in [0.25, 0.3) is 0 Å². The van der Waals surface area contributed by atoms with E-state index in [9.17, 15) is 5.11 Å². The van der Waals surface area contributed by atoms with Gasteiger partial charge in [-0.2, -0.15) is 0 Å². The summed E-state index contributed by atoms with van der Waals surface area (Å²) in [6, 6.07) is 0. The van der Waals surface area contributed by atoms with Crippen LogP contribution in [0, 0.1) is 40.4 Å². The molecule has 8 atom stereocenters. The summed E-state index contributed by atoms with van der Waals surface area (Å²) in [4.78, 5) is 0. The lowest BCUT2D eigenvalue weighted by atomic mass is 9.47. The number of fused-ring (bicyclic) bond motifs is 5. The van der Waals surface area contributed by atoms with Crippen molar-refractivity contribution in [3.63, 3.8) is 0 Å². The molecule has 0 heterocycles. The normalized spacial score (nSPS) is 50.7. The van der Waals surface area contributed by atoms with Gasteiger partial charge in [-0.25, -0.2) is 0 Å². The number of rotatable bonds is 2. The monoisotopic (exact) mass is 345 g/mol. The van der Waals surface area contributed by atoms with Crippen LogP contribution in [0.4, 0.5) is 0 Å². The number of hydrogen-bond donors (Lipinski definition) is 2. The molecule has 0 amide bonds. The molecule has 140 valence electrons. The molecule has 0 saturated heterocycles. The Balaban J connectivity index is 1.62. The van der Waals surface area contributed by atoms with E-state index >= 15 is 0 Å². The smallest absolute Gasteiger partial charge is 0.0577 e. The molecular formula is C22H35NO2. The lowest BCUT2D eigenvalue weighted by Gasteiger charge is -2.58. The molecule has 0 aromatic carbocycles. The second-order valence-electron chi connectivity index (χ2n) is 10.0. The largest absolute Gasteiger partial charge is 0.411 e. The standard InChI is InChI=1S/C22H35NO2/c1-14(13-23-25)18-6-7-19-17-5-4-15-12-16(24)8-10-21(15,2)20(17)9-11-22(18,19)3/h4,13-14,16-20,24-25H,5-12H2,1-3H3/b23-13+. The molecule has 4 rings (SSSR count). The quantitative estimate of drug-likeness (QED) is 0.319. The second-order valence-corrected chi connectivity index (χ2v) is 10.0. The van der Waals surface area contributed by atoms with Gasteiger partial charge in [-0.1, -0.05) is 32.4 Å². The van der Waals surface area contributed by atoms with Crippen molar-refractivity contribution in [3.05, 3.63) is 11.6 Å². The van der Waals surface area contributed by atoms with Crippen LogP contribution < -0.4 is 0 Å². The molecule has 0 aromatic rings. The zero-order valence-electron chi connectivity index (χ0n) is 16.1. The van der Waals surface area contributed by atoms with Crippen molar-refractivity contribution in [2.45, 2.75) is 78.2 Å². The van der Waals surface area contributed by atoms with Crippen LogP contribution in [0.2, 0.25) is 0 Å². The molecule has 2 N–H and O–H groups in total. The average Bonchev–Trinajstić information content (AvgIpc) is 2.93. The van der Waals surface area contributed by atoms with Crippen molar-refractivity contribution in [3.8, 4) is 0 Å². The molecule has 0 aromatic heterocycles. The second kappa shape index (κ2) is 6.11. The fourth-order valence-corrected chi connectivity index (χ4v) is 7.76. The first-order chi connectivity index (χ1) is 11.9. The van der Waals surface area contributed by atoms with Crippen molar-refractivity contribution >= 4 is 6.21 Å². The summed E-state index contributed by atoms with van der Waals surface area (Å²) in [6.45, 7) is 7.25. The Hall–Kier alpha value is -0.830. The highest BCUT2D eigenvalue weighted by Crippen LogP contribution is 2.67. The van der Waals surface area contributed by atoms with Crippen LogP contribution in [-0.2, 0) is 0 Å². The van der Waals surface area contributed by atoms with E-state index in [4.69, 9.17) is 5.21 Å². The Morgan fingerprint density at radius 1 is 1.16 bits per heavy atom. The first-order valence-corrected chi connectivity index (χ1v) is 10.5. The van der Waals surface area contributed by atoms with E-state index in [1.54, 1.807) is 11.8 Å². The van der Waals surface area contributed by atoms with Crippen molar-refractivity contribution in [1.29, 1.82) is 0 Å². The minimum absolute atomic E-state index is 0.112. The van der Waals surface area contributed by atoms with E-state index in [0.29, 0.717) is 22.7 Å². The van der Waals surface area contributed by atoms with Gasteiger partial charge >= 0.3 is 0 Å². The minimum atomic E-state index is -0.112. The number of nitrogens with zero attached hydrogens (tertiary/aromatic N) is 1. The Bertz CT molecular complexity index is 585. The highest BCUT2D eigenvalue weighted by Gasteiger charge is 2.59. The average molecular weight is 346 g/mol. The van der Waals surface area contributed by atoms with Gasteiger partial charge in [0.05, 0.1) is 6.10 Å². The van der Waals surface area contributed by atoms with Crippen molar-refractivity contribution < 1.29 is 10.3 Å². The molecule has 0 radical (unpaired) electrons. The molecule has 4 aliphatic rings. The maximum absolute atomic E-state index is 10.1. The zero-order valence-corrected chi connectivity index (χ0v) is 16.1. The van der Waals surface area contributed by atoms with Gasteiger partial charge in [-0.3, -0.25) is 0 Å². The first-order valence-electron chi connectivity index (χ1n) is 10.5. The fraction of sp³-hybridized carbons (Fsp3) is 0.864. The number of aliphatic hydroxyl groups is 1. The molecule has 0 aliphatic heterocycles. The Morgan fingerprint density at radius 2 is 1.96 bits per heavy atom. The predicted molar refractivity (Wildman–Crippen MR) is 101 cm³/mol. The third-order valence-corrected chi connectivity index (χ3v) is 9.09. The lowest BCUT2D eigenvalue weighted by Crippen LogP contribution is -2.50. The summed E-state index contributed by atoms with van der Waals surface area (Å²) in [7, 11) is 0. The molecule has 3 heteroatoms. The van der Waals surface area contributed by atoms with Crippen LogP contribution in [0.25, 0.3) is 0 Å². The summed E-state index contributed by atoms with van der Waals surface area (Å²) < 4.78 is 0. The van der Waals surface area contributed by atoms with E-state index in [2.05, 4.69) is 32.0 Å². The molecule has 0 spiro atoms. The third kappa shape index (κ3) is 2.52. The summed E-state index contributed by atoms with van der Waals surface area (Å²) in [5.74, 6) is 3.45. The maximum atomic E-state index is 10.1. The van der Waals surface area contributed by atoms with Gasteiger partial charge < -0.3 is 10.3 Å². The van der Waals surface area contributed by atoms with Gasteiger partial charge in [-0.15, -0.1) is 5.16 Å². The summed E-state index contributed by atoms with van der Waals surface area (Å²) in [5, 5.41) is 22.5. The number of oxime groups is 1. The van der Waals surface area contributed by atoms with Gasteiger partial charge in [0.15, 0.2) is 0 Å². The molecule has 3 saturated carbocycles. The van der Waals surface area contributed by atoms with Gasteiger partial charge in [0.1, 0.15) is 0 Å². The molecule has 3 fully saturated rings. The molecule has 3 nitrogen and oxygen atoms in total. The zero-order chi connectivity index (χ0) is 17.8. The highest BCUT2D eigenvalue weighted by molar-refractivity contribution is 5.60. The van der Waals surface area contributed by atoms with Gasteiger partial charge in [0.2, 0.25) is 0 Å². The van der Waals surface area contributed by atoms with E-state index in [-0.39, 0.29) is 6.10 Å². The predicted octanol–water partition coefficient (Wildman–Crippen LogP) is 5.02. The van der Waals surface area contributed by atoms with E-state index in [1.165, 1.54) is 38.5 Å². The molecule has 8 unspecified atom stereocenters. The molecule has 0 bridgehead atoms. The van der Waals surface area contributed by atoms with Crippen LogP contribution in [-0.4, -0.2) is 22.6 Å². The SMILES string of the molecule is CC(/C=N/O)C1CCC2C3CC=C4CC(O)CCC4(C)C3CCC12C. The van der Waals surface area contributed by atoms with Gasteiger partial charge in [0, 0.05) is 6.21 Å². The van der Waals surface area contributed by atoms with Crippen molar-refractivity contribution in [2.75, 3.05) is 0 Å². The molecular weight excluding hydrogens is 310 g/mol. The fourth-order valence-electron chi connectivity index (χ4n) is 7.76. The Morgan fingerprint density at radius 3 is 2.72 bits per heavy atom. The van der Waals surface area contributed by atoms with Crippen molar-refractivity contribution in [2.24, 2.45) is 45.6 Å². The van der Waals surface area contributed by atoms with E-state index in [0.717, 1.165) is 30.6 Å². The van der Waals surface area contributed by atoms with Crippen LogP contribution >= 0.6 is 0 Å². The van der Waals surface area contributed by atoms with Gasteiger partial charge in [-0.05, 0) is 91.8 Å². The number of allylic oxidation sites excluding steroid dienone is 1. The molecule has 4 aliphatic carbocycles. The summed E-state index contributed by atoms with van der Waals surface area (Å²) in [5.41, 5.74) is 2.30. The van der Waals surface area contributed by atoms with Crippen LogP contribution in [0.1, 0.15) is 72.1 Å². The van der Waals surface area contributed by atoms with E-state index in [1.807, 2.05) is 0 Å². The van der Waals surface area contributed by atoms with Crippen LogP contribution in [0.5, 0.6) is 0 Å². The number of hydrogen-bond acceptors (Lipinski definition) is 3. The minimum Gasteiger partial charge on any atom is -0.411 e. The highest BCUT2D eigenvalue weighted by atomic mass is 16.4. The Labute approximate surface area is 152 Å². The first kappa shape index (κ1) is 17.6. The molecule has 25 heavy (non-hydrogen) atoms. The lowest BCUT2D eigenvalue weighted by molar-refractivity contribution is -0.0529. The van der Waals surface area contributed by atoms with Crippen LogP contribution in [0.3, 0.4) is 0 Å².